The molecule has 0 spiro atoms. The number of carboxylic acid groups (broad SMARTS) is 1. The van der Waals surface area contributed by atoms with E-state index in [4.69, 9.17) is 9.84 Å². The van der Waals surface area contributed by atoms with Gasteiger partial charge in [0.25, 0.3) is 0 Å². The first kappa shape index (κ1) is 43.4. The van der Waals surface area contributed by atoms with E-state index in [9.17, 15) is 9.59 Å². The summed E-state index contributed by atoms with van der Waals surface area (Å²) in [6.07, 6.45) is 46.2. The van der Waals surface area contributed by atoms with Crippen LogP contribution in [0.1, 0.15) is 219 Å². The molecule has 1 N–H and O–H groups in total. The Balaban J connectivity index is 4.05. The standard InChI is InChI=1S/C41H76O4/c1-3-5-7-9-11-13-15-16-17-18-19-21-23-25-30-34-38-41(44)45-39(36-32-28-26-29-33-37-40(42)43)35-31-27-24-22-20-14-12-10-8-6-4-2/h17-18,22,24,39H,3-16,19-21,23,25-38H2,1-2H3,(H,42,43)/b18-17-,24-22-. The SMILES string of the molecule is CCCCCCCC/C=C\CCCC(CCCCCCCC(=O)O)OC(=O)CCCCCCC/C=C\CCCCCCCCC. The van der Waals surface area contributed by atoms with Crippen LogP contribution in [0.5, 0.6) is 0 Å². The molecule has 0 aliphatic rings. The third kappa shape index (κ3) is 36.8. The zero-order valence-electron chi connectivity index (χ0n) is 30.2. The van der Waals surface area contributed by atoms with Gasteiger partial charge in [0.05, 0.1) is 0 Å². The van der Waals surface area contributed by atoms with E-state index < -0.39 is 5.97 Å². The van der Waals surface area contributed by atoms with Crippen molar-refractivity contribution in [3.63, 3.8) is 0 Å². The van der Waals surface area contributed by atoms with Crippen molar-refractivity contribution in [3.8, 4) is 0 Å². The first-order valence-electron chi connectivity index (χ1n) is 19.8. The van der Waals surface area contributed by atoms with Gasteiger partial charge in [0, 0.05) is 12.8 Å². The molecule has 0 heterocycles. The van der Waals surface area contributed by atoms with E-state index >= 15 is 0 Å². The third-order valence-electron chi connectivity index (χ3n) is 8.90. The van der Waals surface area contributed by atoms with Crippen LogP contribution in [-0.2, 0) is 14.3 Å². The molecule has 0 fully saturated rings. The van der Waals surface area contributed by atoms with Gasteiger partial charge in [-0.05, 0) is 83.5 Å². The van der Waals surface area contributed by atoms with E-state index in [0.717, 1.165) is 70.6 Å². The van der Waals surface area contributed by atoms with Gasteiger partial charge in [-0.2, -0.15) is 0 Å². The molecule has 0 saturated carbocycles. The summed E-state index contributed by atoms with van der Waals surface area (Å²) in [4.78, 5) is 23.3. The average molecular weight is 633 g/mol. The van der Waals surface area contributed by atoms with E-state index in [1.165, 1.54) is 122 Å². The van der Waals surface area contributed by atoms with Gasteiger partial charge < -0.3 is 9.84 Å². The van der Waals surface area contributed by atoms with Crippen LogP contribution in [0, 0.1) is 0 Å². The summed E-state index contributed by atoms with van der Waals surface area (Å²) >= 11 is 0. The van der Waals surface area contributed by atoms with Crippen molar-refractivity contribution in [2.45, 2.75) is 225 Å². The lowest BCUT2D eigenvalue weighted by atomic mass is 10.0. The van der Waals surface area contributed by atoms with Gasteiger partial charge in [-0.1, -0.05) is 147 Å². The van der Waals surface area contributed by atoms with Crippen molar-refractivity contribution in [3.05, 3.63) is 24.3 Å². The Kier molecular flexibility index (Phi) is 35.6. The van der Waals surface area contributed by atoms with E-state index in [0.29, 0.717) is 6.42 Å². The van der Waals surface area contributed by atoms with E-state index in [1.54, 1.807) is 0 Å². The van der Waals surface area contributed by atoms with Gasteiger partial charge in [-0.25, -0.2) is 0 Å². The minimum absolute atomic E-state index is 0.0200. The molecule has 0 aromatic heterocycles. The normalized spacial score (nSPS) is 12.4. The molecule has 0 radical (unpaired) electrons. The molecule has 0 bridgehead atoms. The Morgan fingerprint density at radius 3 is 1.29 bits per heavy atom. The number of esters is 1. The molecule has 264 valence electrons. The summed E-state index contributed by atoms with van der Waals surface area (Å²) in [7, 11) is 0. The smallest absolute Gasteiger partial charge is 0.306 e. The maximum Gasteiger partial charge on any atom is 0.306 e. The Morgan fingerprint density at radius 2 is 0.822 bits per heavy atom. The number of carbonyl (C=O) groups is 2. The van der Waals surface area contributed by atoms with E-state index in [1.807, 2.05) is 0 Å². The number of hydrogen-bond acceptors (Lipinski definition) is 3. The topological polar surface area (TPSA) is 63.6 Å². The molecule has 0 saturated heterocycles. The van der Waals surface area contributed by atoms with Crippen molar-refractivity contribution < 1.29 is 19.4 Å². The molecule has 0 aliphatic heterocycles. The highest BCUT2D eigenvalue weighted by molar-refractivity contribution is 5.69. The minimum Gasteiger partial charge on any atom is -0.481 e. The van der Waals surface area contributed by atoms with Gasteiger partial charge in [0.2, 0.25) is 0 Å². The fraction of sp³-hybridized carbons (Fsp3) is 0.854. The second-order valence-electron chi connectivity index (χ2n) is 13.5. The summed E-state index contributed by atoms with van der Waals surface area (Å²) in [5, 5.41) is 8.81. The maximum absolute atomic E-state index is 12.6. The van der Waals surface area contributed by atoms with Gasteiger partial charge in [-0.15, -0.1) is 0 Å². The largest absolute Gasteiger partial charge is 0.481 e. The molecule has 45 heavy (non-hydrogen) atoms. The van der Waals surface area contributed by atoms with Crippen molar-refractivity contribution in [2.75, 3.05) is 0 Å². The minimum atomic E-state index is -0.704. The Morgan fingerprint density at radius 1 is 0.467 bits per heavy atom. The van der Waals surface area contributed by atoms with E-state index in [-0.39, 0.29) is 18.5 Å². The fourth-order valence-electron chi connectivity index (χ4n) is 5.94. The zero-order chi connectivity index (χ0) is 32.9. The maximum atomic E-state index is 12.6. The molecule has 4 heteroatoms. The van der Waals surface area contributed by atoms with Gasteiger partial charge in [0.15, 0.2) is 0 Å². The number of aliphatic carboxylic acids is 1. The third-order valence-corrected chi connectivity index (χ3v) is 8.90. The van der Waals surface area contributed by atoms with Crippen molar-refractivity contribution >= 4 is 11.9 Å². The number of allylic oxidation sites excluding steroid dienone is 4. The number of hydrogen-bond donors (Lipinski definition) is 1. The summed E-state index contributed by atoms with van der Waals surface area (Å²) in [6.45, 7) is 4.54. The van der Waals surface area contributed by atoms with Crippen LogP contribution >= 0.6 is 0 Å². The van der Waals surface area contributed by atoms with Gasteiger partial charge >= 0.3 is 11.9 Å². The zero-order valence-corrected chi connectivity index (χ0v) is 30.2. The van der Waals surface area contributed by atoms with Crippen LogP contribution in [0.3, 0.4) is 0 Å². The van der Waals surface area contributed by atoms with Crippen LogP contribution < -0.4 is 0 Å². The molecule has 0 aromatic carbocycles. The van der Waals surface area contributed by atoms with Gasteiger partial charge in [-0.3, -0.25) is 9.59 Å². The second-order valence-corrected chi connectivity index (χ2v) is 13.5. The molecule has 0 aromatic rings. The molecule has 1 atom stereocenters. The van der Waals surface area contributed by atoms with E-state index in [2.05, 4.69) is 38.2 Å². The van der Waals surface area contributed by atoms with Crippen LogP contribution in [-0.4, -0.2) is 23.1 Å². The quantitative estimate of drug-likeness (QED) is 0.0424. The first-order chi connectivity index (χ1) is 22.1. The second kappa shape index (κ2) is 36.9. The Hall–Kier alpha value is -1.58. The van der Waals surface area contributed by atoms with Crippen LogP contribution in [0.15, 0.2) is 24.3 Å². The Labute approximate surface area is 280 Å². The van der Waals surface area contributed by atoms with Crippen molar-refractivity contribution in [1.82, 2.24) is 0 Å². The fourth-order valence-corrected chi connectivity index (χ4v) is 5.94. The van der Waals surface area contributed by atoms with Crippen molar-refractivity contribution in [2.24, 2.45) is 0 Å². The highest BCUT2D eigenvalue weighted by Gasteiger charge is 2.14. The van der Waals surface area contributed by atoms with Crippen LogP contribution in [0.25, 0.3) is 0 Å². The lowest BCUT2D eigenvalue weighted by Gasteiger charge is -2.18. The van der Waals surface area contributed by atoms with Crippen LogP contribution in [0.2, 0.25) is 0 Å². The van der Waals surface area contributed by atoms with Crippen LogP contribution in [0.4, 0.5) is 0 Å². The van der Waals surface area contributed by atoms with Gasteiger partial charge in [0.1, 0.15) is 6.10 Å². The van der Waals surface area contributed by atoms with Crippen molar-refractivity contribution in [1.29, 1.82) is 0 Å². The molecule has 4 nitrogen and oxygen atoms in total. The molecule has 0 rings (SSSR count). The highest BCUT2D eigenvalue weighted by atomic mass is 16.5. The average Bonchev–Trinajstić information content (AvgIpc) is 3.02. The molecule has 0 aliphatic carbocycles. The summed E-state index contributed by atoms with van der Waals surface area (Å²) in [6, 6.07) is 0. The lowest BCUT2D eigenvalue weighted by Crippen LogP contribution is -2.18. The Bertz CT molecular complexity index is 683. The summed E-state index contributed by atoms with van der Waals surface area (Å²) in [5.41, 5.74) is 0. The first-order valence-corrected chi connectivity index (χ1v) is 19.8. The predicted octanol–water partition coefficient (Wildman–Crippen LogP) is 13.6. The molecular weight excluding hydrogens is 556 g/mol. The summed E-state index contributed by atoms with van der Waals surface area (Å²) in [5.74, 6) is -0.724. The number of carbonyl (C=O) groups excluding carboxylic acids is 1. The molecule has 1 unspecified atom stereocenters. The lowest BCUT2D eigenvalue weighted by molar-refractivity contribution is -0.150. The summed E-state index contributed by atoms with van der Waals surface area (Å²) < 4.78 is 5.98. The monoisotopic (exact) mass is 633 g/mol. The number of carboxylic acids is 1. The molecular formula is C41H76O4. The predicted molar refractivity (Wildman–Crippen MR) is 195 cm³/mol. The molecule has 0 amide bonds. The number of ether oxygens (including phenoxy) is 1. The number of rotatable bonds is 36. The highest BCUT2D eigenvalue weighted by Crippen LogP contribution is 2.18. The number of unbranched alkanes of at least 4 members (excludes halogenated alkanes) is 23.